The highest BCUT2D eigenvalue weighted by Crippen LogP contribution is 2.39. The summed E-state index contributed by atoms with van der Waals surface area (Å²) in [6.07, 6.45) is 5.27. The van der Waals surface area contributed by atoms with Crippen LogP contribution in [0.1, 0.15) is 31.7 Å². The third kappa shape index (κ3) is 4.03. The molecule has 0 aromatic carbocycles. The number of ether oxygens (including phenoxy) is 3. The van der Waals surface area contributed by atoms with E-state index in [1.165, 1.54) is 12.8 Å². The molecule has 0 aliphatic carbocycles. The Labute approximate surface area is 138 Å². The first-order chi connectivity index (χ1) is 11.2. The number of aromatic nitrogens is 1. The minimum absolute atomic E-state index is 0.0740. The van der Waals surface area contributed by atoms with Crippen molar-refractivity contribution in [2.24, 2.45) is 5.92 Å². The van der Waals surface area contributed by atoms with Gasteiger partial charge in [-0.3, -0.25) is 4.90 Å². The van der Waals surface area contributed by atoms with Crippen molar-refractivity contribution in [3.8, 4) is 5.88 Å². The van der Waals surface area contributed by atoms with Crippen LogP contribution in [0.5, 0.6) is 5.88 Å². The second-order valence-corrected chi connectivity index (χ2v) is 6.69. The Kier molecular flexibility index (Phi) is 5.51. The minimum Gasteiger partial charge on any atom is -0.481 e. The fourth-order valence-electron chi connectivity index (χ4n) is 3.84. The van der Waals surface area contributed by atoms with Gasteiger partial charge in [-0.05, 0) is 38.2 Å². The van der Waals surface area contributed by atoms with Crippen molar-refractivity contribution >= 4 is 0 Å². The van der Waals surface area contributed by atoms with Crippen molar-refractivity contribution in [3.63, 3.8) is 0 Å². The zero-order chi connectivity index (χ0) is 16.1. The van der Waals surface area contributed by atoms with Crippen LogP contribution in [0.4, 0.5) is 0 Å². The van der Waals surface area contributed by atoms with E-state index >= 15 is 0 Å². The van der Waals surface area contributed by atoms with E-state index in [2.05, 4.69) is 22.9 Å². The number of likely N-dealkylation sites (tertiary alicyclic amines) is 1. The van der Waals surface area contributed by atoms with Gasteiger partial charge in [0.05, 0.1) is 12.7 Å². The molecule has 0 amide bonds. The maximum atomic E-state index is 6.13. The lowest BCUT2D eigenvalue weighted by molar-refractivity contribution is -0.182. The monoisotopic (exact) mass is 320 g/mol. The van der Waals surface area contributed by atoms with Crippen LogP contribution in [0.2, 0.25) is 0 Å². The van der Waals surface area contributed by atoms with E-state index in [-0.39, 0.29) is 5.60 Å². The van der Waals surface area contributed by atoms with Crippen LogP contribution in [-0.4, -0.2) is 55.5 Å². The summed E-state index contributed by atoms with van der Waals surface area (Å²) < 4.78 is 17.0. The number of hydrogen-bond donors (Lipinski definition) is 0. The molecule has 3 heterocycles. The summed E-state index contributed by atoms with van der Waals surface area (Å²) >= 11 is 0. The van der Waals surface area contributed by atoms with Crippen LogP contribution in [0.3, 0.4) is 0 Å². The Morgan fingerprint density at radius 2 is 2.30 bits per heavy atom. The summed E-state index contributed by atoms with van der Waals surface area (Å²) in [5, 5.41) is 0. The normalized spacial score (nSPS) is 23.7. The molecule has 23 heavy (non-hydrogen) atoms. The average molecular weight is 320 g/mol. The molecular weight excluding hydrogens is 292 g/mol. The highest BCUT2D eigenvalue weighted by Gasteiger charge is 2.47. The molecule has 128 valence electrons. The zero-order valence-corrected chi connectivity index (χ0v) is 14.3. The predicted molar refractivity (Wildman–Crippen MR) is 88.6 cm³/mol. The number of pyridine rings is 1. The van der Waals surface area contributed by atoms with Gasteiger partial charge in [0.2, 0.25) is 5.88 Å². The fourth-order valence-corrected chi connectivity index (χ4v) is 3.84. The second-order valence-electron chi connectivity index (χ2n) is 6.69. The van der Waals surface area contributed by atoms with Crippen molar-refractivity contribution in [2.75, 3.05) is 40.0 Å². The molecule has 0 radical (unpaired) electrons. The smallest absolute Gasteiger partial charge is 0.217 e. The van der Waals surface area contributed by atoms with E-state index in [0.717, 1.165) is 63.2 Å². The minimum atomic E-state index is 0.0740. The van der Waals surface area contributed by atoms with E-state index in [4.69, 9.17) is 14.2 Å². The molecule has 0 bridgehead atoms. The number of hydrogen-bond acceptors (Lipinski definition) is 5. The van der Waals surface area contributed by atoms with Crippen molar-refractivity contribution in [3.05, 3.63) is 23.9 Å². The maximum Gasteiger partial charge on any atom is 0.217 e. The van der Waals surface area contributed by atoms with Crippen molar-refractivity contribution in [1.82, 2.24) is 9.88 Å². The molecule has 1 aromatic rings. The van der Waals surface area contributed by atoms with Crippen LogP contribution in [0.15, 0.2) is 18.3 Å². The Morgan fingerprint density at radius 1 is 1.43 bits per heavy atom. The van der Waals surface area contributed by atoms with Crippen LogP contribution < -0.4 is 4.74 Å². The van der Waals surface area contributed by atoms with Gasteiger partial charge in [0, 0.05) is 51.2 Å². The molecular formula is C18H28N2O3. The van der Waals surface area contributed by atoms with Gasteiger partial charge < -0.3 is 14.2 Å². The first-order valence-corrected chi connectivity index (χ1v) is 8.66. The zero-order valence-electron chi connectivity index (χ0n) is 14.3. The summed E-state index contributed by atoms with van der Waals surface area (Å²) in [5.41, 5.74) is 1.22. The second kappa shape index (κ2) is 7.60. The lowest BCUT2D eigenvalue weighted by atomic mass is 9.79. The molecule has 1 aromatic heterocycles. The molecule has 0 saturated carbocycles. The first-order valence-electron chi connectivity index (χ1n) is 8.66. The third-order valence-corrected chi connectivity index (χ3v) is 4.93. The van der Waals surface area contributed by atoms with Gasteiger partial charge in [0.15, 0.2) is 0 Å². The van der Waals surface area contributed by atoms with Crippen LogP contribution >= 0.6 is 0 Å². The topological polar surface area (TPSA) is 43.8 Å². The molecule has 1 spiro atoms. The van der Waals surface area contributed by atoms with Gasteiger partial charge in [0.25, 0.3) is 0 Å². The third-order valence-electron chi connectivity index (χ3n) is 4.93. The van der Waals surface area contributed by atoms with E-state index in [1.54, 1.807) is 13.3 Å². The first kappa shape index (κ1) is 16.7. The van der Waals surface area contributed by atoms with Crippen LogP contribution in [0.25, 0.3) is 0 Å². The SMILES string of the molecule is CCOCC[C@@H]1CCOC2(C1)CN(Cc1cccnc1OC)C2. The van der Waals surface area contributed by atoms with Crippen molar-refractivity contribution in [2.45, 2.75) is 38.3 Å². The van der Waals surface area contributed by atoms with Crippen LogP contribution in [-0.2, 0) is 16.0 Å². The maximum absolute atomic E-state index is 6.13. The van der Waals surface area contributed by atoms with Gasteiger partial charge in [-0.2, -0.15) is 0 Å². The van der Waals surface area contributed by atoms with Gasteiger partial charge >= 0.3 is 0 Å². The highest BCUT2D eigenvalue weighted by atomic mass is 16.5. The summed E-state index contributed by atoms with van der Waals surface area (Å²) in [5.74, 6) is 1.47. The fraction of sp³-hybridized carbons (Fsp3) is 0.722. The molecule has 0 unspecified atom stereocenters. The van der Waals surface area contributed by atoms with E-state index < -0.39 is 0 Å². The molecule has 2 fully saturated rings. The van der Waals surface area contributed by atoms with E-state index in [0.29, 0.717) is 0 Å². The predicted octanol–water partition coefficient (Wildman–Crippen LogP) is 2.50. The molecule has 1 atom stereocenters. The van der Waals surface area contributed by atoms with Crippen molar-refractivity contribution < 1.29 is 14.2 Å². The largest absolute Gasteiger partial charge is 0.481 e. The lowest BCUT2D eigenvalue weighted by Gasteiger charge is -2.53. The quantitative estimate of drug-likeness (QED) is 0.722. The Hall–Kier alpha value is -1.17. The molecule has 5 heteroatoms. The number of methoxy groups -OCH3 is 1. The van der Waals surface area contributed by atoms with Gasteiger partial charge in [-0.25, -0.2) is 4.98 Å². The summed E-state index contributed by atoms with van der Waals surface area (Å²) in [6.45, 7) is 7.55. The Balaban J connectivity index is 1.49. The average Bonchev–Trinajstić information content (AvgIpc) is 2.54. The van der Waals surface area contributed by atoms with Gasteiger partial charge in [-0.15, -0.1) is 0 Å². The highest BCUT2D eigenvalue weighted by molar-refractivity contribution is 5.25. The molecule has 0 N–H and O–H groups in total. The Bertz CT molecular complexity index is 503. The lowest BCUT2D eigenvalue weighted by Crippen LogP contribution is -2.64. The standard InChI is InChI=1S/C18H28N2O3/c1-3-22-9-6-15-7-10-23-18(11-15)13-20(14-18)12-16-5-4-8-19-17(16)21-2/h4-5,8,15H,3,6-7,9-14H2,1-2H3/t15-/m1/s1. The summed E-state index contributed by atoms with van der Waals surface area (Å²) in [7, 11) is 1.68. The molecule has 5 nitrogen and oxygen atoms in total. The molecule has 2 aliphatic rings. The van der Waals surface area contributed by atoms with E-state index in [1.807, 2.05) is 6.07 Å². The number of nitrogens with zero attached hydrogens (tertiary/aromatic N) is 2. The van der Waals surface area contributed by atoms with Crippen LogP contribution in [0, 0.1) is 5.92 Å². The molecule has 2 aliphatic heterocycles. The van der Waals surface area contributed by atoms with Gasteiger partial charge in [-0.1, -0.05) is 6.07 Å². The molecule has 3 rings (SSSR count). The van der Waals surface area contributed by atoms with Gasteiger partial charge in [0.1, 0.15) is 0 Å². The van der Waals surface area contributed by atoms with Crippen molar-refractivity contribution in [1.29, 1.82) is 0 Å². The number of rotatable bonds is 7. The molecule has 2 saturated heterocycles. The van der Waals surface area contributed by atoms with E-state index in [9.17, 15) is 0 Å². The Morgan fingerprint density at radius 3 is 3.09 bits per heavy atom. The summed E-state index contributed by atoms with van der Waals surface area (Å²) in [6, 6.07) is 4.05. The summed E-state index contributed by atoms with van der Waals surface area (Å²) in [4.78, 5) is 6.69.